The predicted molar refractivity (Wildman–Crippen MR) is 241 cm³/mol. The third-order valence-corrected chi connectivity index (χ3v) is 11.2. The first-order valence-corrected chi connectivity index (χ1v) is 22.6. The molecule has 0 aliphatic carbocycles. The molecule has 72 heavy (non-hydrogen) atoms. The van der Waals surface area contributed by atoms with Crippen molar-refractivity contribution < 1.29 is 90.8 Å². The van der Waals surface area contributed by atoms with Gasteiger partial charge in [0, 0.05) is 115 Å². The molecule has 0 saturated carbocycles. The number of alkyl halides is 12. The van der Waals surface area contributed by atoms with Crippen LogP contribution in [0.25, 0.3) is 0 Å². The van der Waals surface area contributed by atoms with Gasteiger partial charge in [0.05, 0.1) is 26.4 Å². The van der Waals surface area contributed by atoms with E-state index >= 15 is 0 Å². The summed E-state index contributed by atoms with van der Waals surface area (Å²) in [6.45, 7) is 19.5. The second-order valence-electron chi connectivity index (χ2n) is 17.6. The van der Waals surface area contributed by atoms with E-state index < -0.39 is 54.0 Å². The number of carbonyl (C=O) groups is 3. The second kappa shape index (κ2) is 26.5. The van der Waals surface area contributed by atoms with Crippen molar-refractivity contribution in [3.63, 3.8) is 0 Å². The molecule has 0 radical (unpaired) electrons. The van der Waals surface area contributed by atoms with Crippen molar-refractivity contribution in [3.8, 4) is 0 Å². The van der Waals surface area contributed by atoms with Gasteiger partial charge in [0.15, 0.2) is 0 Å². The molecular formula is C45H61ClF12N6O8. The summed E-state index contributed by atoms with van der Waals surface area (Å²) < 4.78 is 168. The van der Waals surface area contributed by atoms with Gasteiger partial charge in [-0.25, -0.2) is 14.4 Å². The molecule has 14 nitrogen and oxygen atoms in total. The summed E-state index contributed by atoms with van der Waals surface area (Å²) in [6, 6.07) is 15.0. The average molecular weight is 1080 g/mol. The molecule has 4 saturated heterocycles. The summed E-state index contributed by atoms with van der Waals surface area (Å²) in [4.78, 5) is 45.4. The summed E-state index contributed by atoms with van der Waals surface area (Å²) in [5.41, 5.74) is 3.22. The molecule has 2 aromatic carbocycles. The summed E-state index contributed by atoms with van der Waals surface area (Å²) >= 11 is 4.22. The quantitative estimate of drug-likeness (QED) is 0.142. The number of hydrogen-bond donors (Lipinski definition) is 0. The maximum atomic E-state index is 12.6. The lowest BCUT2D eigenvalue weighted by Crippen LogP contribution is -2.52. The van der Waals surface area contributed by atoms with Crippen LogP contribution in [0.1, 0.15) is 44.9 Å². The van der Waals surface area contributed by atoms with E-state index in [1.54, 1.807) is 0 Å². The van der Waals surface area contributed by atoms with E-state index in [9.17, 15) is 67.1 Å². The van der Waals surface area contributed by atoms with Crippen molar-refractivity contribution in [3.05, 3.63) is 59.2 Å². The molecule has 4 fully saturated rings. The van der Waals surface area contributed by atoms with Crippen LogP contribution in [-0.4, -0.2) is 185 Å². The van der Waals surface area contributed by atoms with Crippen LogP contribution in [-0.2, 0) is 36.8 Å². The maximum Gasteiger partial charge on any atom is 0.434 e. The number of halogens is 13. The lowest BCUT2D eigenvalue weighted by Gasteiger charge is -2.35. The van der Waals surface area contributed by atoms with E-state index in [1.807, 2.05) is 49.6 Å². The van der Waals surface area contributed by atoms with Crippen molar-refractivity contribution in [2.45, 2.75) is 90.7 Å². The maximum absolute atomic E-state index is 12.6. The monoisotopic (exact) mass is 1080 g/mol. The Morgan fingerprint density at radius 2 is 0.944 bits per heavy atom. The summed E-state index contributed by atoms with van der Waals surface area (Å²) in [7, 11) is 0. The van der Waals surface area contributed by atoms with Crippen LogP contribution < -0.4 is 9.80 Å². The number of carbonyl (C=O) groups excluding carboxylic acids is 3. The Labute approximate surface area is 414 Å². The van der Waals surface area contributed by atoms with Crippen molar-refractivity contribution in [2.75, 3.05) is 115 Å². The first-order chi connectivity index (χ1) is 32.9. The van der Waals surface area contributed by atoms with Gasteiger partial charge in [-0.1, -0.05) is 25.6 Å². The molecule has 27 heteroatoms. The number of ether oxygens (including phenoxy) is 5. The summed E-state index contributed by atoms with van der Waals surface area (Å²) in [5.74, 6) is 0. The fourth-order valence-corrected chi connectivity index (χ4v) is 7.51. The van der Waals surface area contributed by atoms with Gasteiger partial charge in [-0.05, 0) is 68.7 Å². The zero-order valence-corrected chi connectivity index (χ0v) is 40.0. The number of hydrogen-bond acceptors (Lipinski definition) is 12. The Balaban J connectivity index is 0.000000307. The Kier molecular flexibility index (Phi) is 22.7. The molecule has 0 spiro atoms. The van der Waals surface area contributed by atoms with Gasteiger partial charge in [-0.15, -0.1) is 0 Å². The molecule has 2 amide bonds. The lowest BCUT2D eigenvalue weighted by atomic mass is 10.1. The van der Waals surface area contributed by atoms with Crippen LogP contribution in [0.3, 0.4) is 0 Å². The zero-order chi connectivity index (χ0) is 53.0. The van der Waals surface area contributed by atoms with Crippen LogP contribution in [0.15, 0.2) is 42.5 Å². The highest BCUT2D eigenvalue weighted by Crippen LogP contribution is 2.37. The highest BCUT2D eigenvalue weighted by Gasteiger charge is 2.61. The summed E-state index contributed by atoms with van der Waals surface area (Å²) in [6.07, 6.45) is -33.0. The minimum Gasteiger partial charge on any atom is -0.444 e. The number of aryl methyl sites for hydroxylation is 1. The number of rotatable bonds is 8. The van der Waals surface area contributed by atoms with Crippen molar-refractivity contribution >= 4 is 40.6 Å². The van der Waals surface area contributed by atoms with Crippen LogP contribution >= 0.6 is 11.6 Å². The SMILES string of the molecule is C.CC(C)(C)OC(=O)N1CCN(Cc2ccc(N3CCOCC3)cc2)CC1.Cc1cc(N2CCOCC2)ccc1CN1CCN(C(=O)OC(C(F)(F)F)C(F)(F)F)CC1.O=C(Cl)OC(C(F)(F)F)C(F)(F)F. The number of morpholine rings is 2. The van der Waals surface area contributed by atoms with Gasteiger partial charge in [-0.3, -0.25) is 9.80 Å². The number of benzene rings is 2. The van der Waals surface area contributed by atoms with Gasteiger partial charge in [0.2, 0.25) is 0 Å². The van der Waals surface area contributed by atoms with Crippen molar-refractivity contribution in [1.82, 2.24) is 19.6 Å². The zero-order valence-electron chi connectivity index (χ0n) is 39.3. The molecule has 0 atom stereocenters. The van der Waals surface area contributed by atoms with Crippen LogP contribution in [0.2, 0.25) is 0 Å². The summed E-state index contributed by atoms with van der Waals surface area (Å²) in [5, 5.41) is 0. The Morgan fingerprint density at radius 3 is 1.33 bits per heavy atom. The number of anilines is 2. The number of amides is 2. The molecule has 4 aliphatic rings. The first kappa shape index (κ1) is 61.6. The van der Waals surface area contributed by atoms with Crippen LogP contribution in [0.4, 0.5) is 78.4 Å². The van der Waals surface area contributed by atoms with E-state index in [0.717, 1.165) is 93.8 Å². The van der Waals surface area contributed by atoms with E-state index in [1.165, 1.54) is 11.3 Å². The molecule has 0 unspecified atom stereocenters. The van der Waals surface area contributed by atoms with Gasteiger partial charge in [-0.2, -0.15) is 52.7 Å². The van der Waals surface area contributed by atoms with Gasteiger partial charge < -0.3 is 43.3 Å². The van der Waals surface area contributed by atoms with E-state index in [-0.39, 0.29) is 26.6 Å². The van der Waals surface area contributed by atoms with Gasteiger partial charge >= 0.3 is 42.3 Å². The molecule has 0 N–H and O–H groups in total. The minimum absolute atomic E-state index is 0. The molecule has 2 aromatic rings. The Hall–Kier alpha value is -4.66. The largest absolute Gasteiger partial charge is 0.444 e. The molecule has 0 aromatic heterocycles. The fourth-order valence-electron chi connectivity index (χ4n) is 7.42. The first-order valence-electron chi connectivity index (χ1n) is 22.3. The smallest absolute Gasteiger partial charge is 0.434 e. The van der Waals surface area contributed by atoms with E-state index in [2.05, 4.69) is 66.1 Å². The normalized spacial score (nSPS) is 17.8. The Morgan fingerprint density at radius 1 is 0.556 bits per heavy atom. The lowest BCUT2D eigenvalue weighted by molar-refractivity contribution is -0.308. The highest BCUT2D eigenvalue weighted by atomic mass is 35.5. The van der Waals surface area contributed by atoms with Gasteiger partial charge in [0.1, 0.15) is 5.60 Å². The van der Waals surface area contributed by atoms with Crippen LogP contribution in [0.5, 0.6) is 0 Å². The topological polar surface area (TPSA) is 117 Å². The third-order valence-electron chi connectivity index (χ3n) is 11.1. The molecule has 0 bridgehead atoms. The molecule has 410 valence electrons. The molecule has 4 aliphatic heterocycles. The molecule has 6 rings (SSSR count). The average Bonchev–Trinajstić information content (AvgIpc) is 3.28. The number of nitrogens with zero attached hydrogens (tertiary/aromatic N) is 6. The van der Waals surface area contributed by atoms with Gasteiger partial charge in [0.25, 0.3) is 12.2 Å². The number of piperazine rings is 2. The fraction of sp³-hybridized carbons (Fsp3) is 0.667. The third kappa shape index (κ3) is 20.3. The van der Waals surface area contributed by atoms with Crippen LogP contribution in [0, 0.1) is 6.92 Å². The minimum atomic E-state index is -5.72. The predicted octanol–water partition coefficient (Wildman–Crippen LogP) is 9.65. The van der Waals surface area contributed by atoms with Crippen molar-refractivity contribution in [2.24, 2.45) is 0 Å². The van der Waals surface area contributed by atoms with Crippen molar-refractivity contribution in [1.29, 1.82) is 0 Å². The van der Waals surface area contributed by atoms with E-state index in [4.69, 9.17) is 14.2 Å². The Bertz CT molecular complexity index is 1970. The molecule has 4 heterocycles. The second-order valence-corrected chi connectivity index (χ2v) is 18.0. The standard InChI is InChI=1S/C20H25F6N3O3.C20H31N3O3.C4HClF6O2.CH4/c1-14-12-16(28-8-10-31-11-9-28)3-2-15(14)13-27-4-6-29(7-5-27)18(30)32-17(19(21,22)23)20(24,25)26;1-20(2,3)26-19(24)23-10-8-21(9-11-23)16-17-4-6-18(7-5-17)22-12-14-25-15-13-22;5-2(12)13-1(3(6,7)8)4(9,10)11;/h2-3,12,17H,4-11,13H2,1H3;4-7H,8-16H2,1-3H3;1H;1H4. The van der Waals surface area contributed by atoms with E-state index in [0.29, 0.717) is 32.8 Å². The highest BCUT2D eigenvalue weighted by molar-refractivity contribution is 6.61. The molecular weight excluding hydrogens is 1020 g/mol.